The summed E-state index contributed by atoms with van der Waals surface area (Å²) >= 11 is 3.22. The molecule has 1 aromatic carbocycles. The van der Waals surface area contributed by atoms with Gasteiger partial charge < -0.3 is 5.32 Å². The molecule has 0 amide bonds. The summed E-state index contributed by atoms with van der Waals surface area (Å²) < 4.78 is 23.2. The molecule has 2 rings (SSSR count). The fourth-order valence-corrected chi connectivity index (χ4v) is 3.24. The number of anilines is 1. The standard InChI is InChI=1S/C10H9BrN2O4S/c11-7-1-2-10(13(14)15)9(5-7)12-8-3-4-18(16,17)6-8/h1-5,8,12H,6H2. The van der Waals surface area contributed by atoms with Gasteiger partial charge in [-0.1, -0.05) is 22.0 Å². The number of nitro groups is 1. The quantitative estimate of drug-likeness (QED) is 0.676. The Kier molecular flexibility index (Phi) is 3.40. The van der Waals surface area contributed by atoms with Gasteiger partial charge in [-0.2, -0.15) is 0 Å². The van der Waals surface area contributed by atoms with E-state index < -0.39 is 20.8 Å². The first kappa shape index (κ1) is 13.0. The number of rotatable bonds is 3. The van der Waals surface area contributed by atoms with Gasteiger partial charge in [0.1, 0.15) is 5.69 Å². The summed E-state index contributed by atoms with van der Waals surface area (Å²) in [6.07, 6.45) is 1.49. The maximum atomic E-state index is 11.2. The molecule has 0 bridgehead atoms. The average Bonchev–Trinajstić information content (AvgIpc) is 2.57. The molecular weight excluding hydrogens is 324 g/mol. The van der Waals surface area contributed by atoms with E-state index in [4.69, 9.17) is 0 Å². The lowest BCUT2D eigenvalue weighted by Gasteiger charge is -2.11. The van der Waals surface area contributed by atoms with Crippen molar-refractivity contribution in [1.29, 1.82) is 0 Å². The second kappa shape index (κ2) is 4.69. The number of nitrogens with one attached hydrogen (secondary N) is 1. The fraction of sp³-hybridized carbons (Fsp3) is 0.200. The third-order valence-electron chi connectivity index (χ3n) is 2.43. The Morgan fingerprint density at radius 2 is 2.17 bits per heavy atom. The Labute approximate surface area is 112 Å². The molecular formula is C10H9BrN2O4S. The van der Waals surface area contributed by atoms with Crippen molar-refractivity contribution in [2.45, 2.75) is 6.04 Å². The van der Waals surface area contributed by atoms with Gasteiger partial charge in [-0.15, -0.1) is 0 Å². The summed E-state index contributed by atoms with van der Waals surface area (Å²) in [6, 6.07) is 4.03. The van der Waals surface area contributed by atoms with E-state index in [9.17, 15) is 18.5 Å². The molecule has 1 aliphatic heterocycles. The van der Waals surface area contributed by atoms with Crippen LogP contribution in [0.1, 0.15) is 0 Å². The monoisotopic (exact) mass is 332 g/mol. The van der Waals surface area contributed by atoms with Crippen molar-refractivity contribution in [3.05, 3.63) is 44.3 Å². The predicted octanol–water partition coefficient (Wildman–Crippen LogP) is 2.08. The van der Waals surface area contributed by atoms with Gasteiger partial charge in [-0.25, -0.2) is 8.42 Å². The van der Waals surface area contributed by atoms with Crippen LogP contribution < -0.4 is 5.32 Å². The molecule has 1 aliphatic rings. The lowest BCUT2D eigenvalue weighted by molar-refractivity contribution is -0.384. The largest absolute Gasteiger partial charge is 0.372 e. The SMILES string of the molecule is O=[N+]([O-])c1ccc(Br)cc1NC1C=CS(=O)(=O)C1. The van der Waals surface area contributed by atoms with Crippen molar-refractivity contribution >= 4 is 37.1 Å². The van der Waals surface area contributed by atoms with E-state index in [1.807, 2.05) is 0 Å². The summed E-state index contributed by atoms with van der Waals surface area (Å²) in [4.78, 5) is 10.3. The topological polar surface area (TPSA) is 89.3 Å². The van der Waals surface area contributed by atoms with Gasteiger partial charge in [0, 0.05) is 15.9 Å². The highest BCUT2D eigenvalue weighted by molar-refractivity contribution is 9.10. The minimum atomic E-state index is -3.18. The smallest absolute Gasteiger partial charge is 0.292 e. The van der Waals surface area contributed by atoms with Crippen LogP contribution in [-0.2, 0) is 9.84 Å². The fourth-order valence-electron chi connectivity index (χ4n) is 1.65. The molecule has 0 radical (unpaired) electrons. The number of nitro benzene ring substituents is 1. The Morgan fingerprint density at radius 3 is 2.72 bits per heavy atom. The summed E-state index contributed by atoms with van der Waals surface area (Å²) in [6.45, 7) is 0. The molecule has 1 N–H and O–H groups in total. The van der Waals surface area contributed by atoms with Gasteiger partial charge in [0.15, 0.2) is 9.84 Å². The van der Waals surface area contributed by atoms with Crippen LogP contribution in [0.5, 0.6) is 0 Å². The first-order chi connectivity index (χ1) is 8.37. The van der Waals surface area contributed by atoms with Crippen LogP contribution >= 0.6 is 15.9 Å². The van der Waals surface area contributed by atoms with Crippen LogP contribution in [0, 0.1) is 10.1 Å². The molecule has 1 aromatic rings. The predicted molar refractivity (Wildman–Crippen MR) is 71.1 cm³/mol. The van der Waals surface area contributed by atoms with Gasteiger partial charge in [0.25, 0.3) is 5.69 Å². The number of hydrogen-bond acceptors (Lipinski definition) is 5. The molecule has 1 atom stereocenters. The van der Waals surface area contributed by atoms with Gasteiger partial charge in [0.05, 0.1) is 16.7 Å². The molecule has 1 unspecified atom stereocenters. The number of sulfone groups is 1. The average molecular weight is 333 g/mol. The van der Waals surface area contributed by atoms with Crippen LogP contribution in [0.4, 0.5) is 11.4 Å². The van der Waals surface area contributed by atoms with Gasteiger partial charge in [-0.05, 0) is 12.1 Å². The zero-order chi connectivity index (χ0) is 13.3. The Hall–Kier alpha value is -1.41. The molecule has 0 saturated carbocycles. The van der Waals surface area contributed by atoms with E-state index in [1.54, 1.807) is 12.1 Å². The van der Waals surface area contributed by atoms with Crippen molar-refractivity contribution in [2.24, 2.45) is 0 Å². The molecule has 0 fully saturated rings. The third kappa shape index (κ3) is 2.88. The second-order valence-corrected chi connectivity index (χ2v) is 6.67. The van der Waals surface area contributed by atoms with Crippen LogP contribution in [0.2, 0.25) is 0 Å². The highest BCUT2D eigenvalue weighted by Crippen LogP contribution is 2.29. The van der Waals surface area contributed by atoms with E-state index in [1.165, 1.54) is 12.1 Å². The van der Waals surface area contributed by atoms with Crippen LogP contribution in [0.3, 0.4) is 0 Å². The molecule has 0 aromatic heterocycles. The van der Waals surface area contributed by atoms with Gasteiger partial charge in [0.2, 0.25) is 0 Å². The van der Waals surface area contributed by atoms with Gasteiger partial charge >= 0.3 is 0 Å². The van der Waals surface area contributed by atoms with Crippen LogP contribution in [0.15, 0.2) is 34.2 Å². The van der Waals surface area contributed by atoms with Crippen molar-refractivity contribution in [2.75, 3.05) is 11.1 Å². The first-order valence-electron chi connectivity index (χ1n) is 4.99. The van der Waals surface area contributed by atoms with Gasteiger partial charge in [-0.3, -0.25) is 10.1 Å². The Morgan fingerprint density at radius 1 is 1.44 bits per heavy atom. The van der Waals surface area contributed by atoms with Crippen molar-refractivity contribution in [1.82, 2.24) is 0 Å². The summed E-state index contributed by atoms with van der Waals surface area (Å²) in [7, 11) is -3.18. The van der Waals surface area contributed by atoms with E-state index in [-0.39, 0.29) is 11.4 Å². The molecule has 0 spiro atoms. The minimum absolute atomic E-state index is 0.0866. The zero-order valence-electron chi connectivity index (χ0n) is 9.04. The minimum Gasteiger partial charge on any atom is -0.372 e. The van der Waals surface area contributed by atoms with Crippen molar-refractivity contribution < 1.29 is 13.3 Å². The van der Waals surface area contributed by atoms with E-state index in [0.717, 1.165) is 5.41 Å². The second-order valence-electron chi connectivity index (χ2n) is 3.83. The lowest BCUT2D eigenvalue weighted by atomic mass is 10.2. The Balaban J connectivity index is 2.27. The third-order valence-corrected chi connectivity index (χ3v) is 4.32. The highest BCUT2D eigenvalue weighted by Gasteiger charge is 2.24. The molecule has 0 aliphatic carbocycles. The van der Waals surface area contributed by atoms with E-state index >= 15 is 0 Å². The van der Waals surface area contributed by atoms with Crippen molar-refractivity contribution in [3.8, 4) is 0 Å². The summed E-state index contributed by atoms with van der Waals surface area (Å²) in [5, 5.41) is 14.8. The number of benzene rings is 1. The molecule has 1 heterocycles. The molecule has 6 nitrogen and oxygen atoms in total. The normalized spacial score (nSPS) is 20.8. The first-order valence-corrected chi connectivity index (χ1v) is 7.50. The summed E-state index contributed by atoms with van der Waals surface area (Å²) in [5.74, 6) is -0.0866. The van der Waals surface area contributed by atoms with Crippen LogP contribution in [-0.4, -0.2) is 25.1 Å². The molecule has 0 saturated heterocycles. The van der Waals surface area contributed by atoms with Crippen LogP contribution in [0.25, 0.3) is 0 Å². The van der Waals surface area contributed by atoms with E-state index in [2.05, 4.69) is 21.2 Å². The molecule has 18 heavy (non-hydrogen) atoms. The molecule has 8 heteroatoms. The highest BCUT2D eigenvalue weighted by atomic mass is 79.9. The van der Waals surface area contributed by atoms with E-state index in [0.29, 0.717) is 10.2 Å². The van der Waals surface area contributed by atoms with Crippen molar-refractivity contribution in [3.63, 3.8) is 0 Å². The maximum absolute atomic E-state index is 11.2. The lowest BCUT2D eigenvalue weighted by Crippen LogP contribution is -2.21. The molecule has 96 valence electrons. The number of halogens is 1. The number of hydrogen-bond donors (Lipinski definition) is 1. The number of nitrogens with zero attached hydrogens (tertiary/aromatic N) is 1. The Bertz CT molecular complexity index is 627. The zero-order valence-corrected chi connectivity index (χ0v) is 11.4. The maximum Gasteiger partial charge on any atom is 0.292 e. The summed E-state index contributed by atoms with van der Waals surface area (Å²) in [5.41, 5.74) is 0.206.